The third kappa shape index (κ3) is 4.61. The molecule has 0 bridgehead atoms. The SMILES string of the molecule is Cc1ccc(-n2cc(-c3ccc(Cl)cc3)nc2SCC(=O)c2ccccc2)cc1. The van der Waals surface area contributed by atoms with Crippen LogP contribution in [0, 0.1) is 6.92 Å². The number of carbonyl (C=O) groups excluding carboxylic acids is 1. The van der Waals surface area contributed by atoms with Gasteiger partial charge in [-0.1, -0.05) is 83.5 Å². The van der Waals surface area contributed by atoms with Crippen LogP contribution in [0.3, 0.4) is 0 Å². The molecule has 0 spiro atoms. The number of thioether (sulfide) groups is 1. The van der Waals surface area contributed by atoms with Gasteiger partial charge in [-0.25, -0.2) is 4.98 Å². The molecule has 4 rings (SSSR count). The van der Waals surface area contributed by atoms with E-state index in [-0.39, 0.29) is 5.78 Å². The van der Waals surface area contributed by atoms with Gasteiger partial charge in [-0.15, -0.1) is 0 Å². The second-order valence-corrected chi connectivity index (χ2v) is 8.08. The van der Waals surface area contributed by atoms with Gasteiger partial charge in [-0.2, -0.15) is 0 Å². The highest BCUT2D eigenvalue weighted by Gasteiger charge is 2.14. The molecule has 0 saturated carbocycles. The number of aryl methyl sites for hydroxylation is 1. The van der Waals surface area contributed by atoms with E-state index in [1.807, 2.05) is 65.4 Å². The monoisotopic (exact) mass is 418 g/mol. The fourth-order valence-corrected chi connectivity index (χ4v) is 3.97. The van der Waals surface area contributed by atoms with Crippen molar-refractivity contribution in [1.29, 1.82) is 0 Å². The highest BCUT2D eigenvalue weighted by atomic mass is 35.5. The van der Waals surface area contributed by atoms with Crippen LogP contribution >= 0.6 is 23.4 Å². The number of hydrogen-bond acceptors (Lipinski definition) is 3. The number of halogens is 1. The molecule has 0 aliphatic carbocycles. The molecule has 0 unspecified atom stereocenters. The van der Waals surface area contributed by atoms with Crippen molar-refractivity contribution < 1.29 is 4.79 Å². The standard InChI is InChI=1S/C24H19ClN2OS/c1-17-7-13-21(14-8-17)27-15-22(18-9-11-20(25)12-10-18)26-24(27)29-16-23(28)19-5-3-2-4-6-19/h2-15H,16H2,1H3. The lowest BCUT2D eigenvalue weighted by Crippen LogP contribution is -2.03. The molecule has 3 nitrogen and oxygen atoms in total. The summed E-state index contributed by atoms with van der Waals surface area (Å²) in [6, 6.07) is 25.2. The number of hydrogen-bond donors (Lipinski definition) is 0. The lowest BCUT2D eigenvalue weighted by atomic mass is 10.2. The van der Waals surface area contributed by atoms with Crippen molar-refractivity contribution in [2.75, 3.05) is 5.75 Å². The molecule has 0 saturated heterocycles. The third-order valence-electron chi connectivity index (χ3n) is 4.55. The summed E-state index contributed by atoms with van der Waals surface area (Å²) in [4.78, 5) is 17.4. The maximum atomic E-state index is 12.6. The number of benzene rings is 3. The van der Waals surface area contributed by atoms with Crippen LogP contribution in [-0.4, -0.2) is 21.1 Å². The smallest absolute Gasteiger partial charge is 0.173 e. The Hall–Kier alpha value is -2.82. The average Bonchev–Trinajstić information content (AvgIpc) is 3.18. The van der Waals surface area contributed by atoms with Crippen molar-refractivity contribution in [3.05, 3.63) is 101 Å². The molecule has 0 atom stereocenters. The summed E-state index contributed by atoms with van der Waals surface area (Å²) >= 11 is 7.47. The molecular formula is C24H19ClN2OS. The second kappa shape index (κ2) is 8.68. The predicted octanol–water partition coefficient (Wildman–Crippen LogP) is 6.48. The Kier molecular flexibility index (Phi) is 5.84. The summed E-state index contributed by atoms with van der Waals surface area (Å²) in [6.45, 7) is 2.06. The number of ketones is 1. The Bertz CT molecular complexity index is 1120. The lowest BCUT2D eigenvalue weighted by molar-refractivity contribution is 0.102. The minimum absolute atomic E-state index is 0.0853. The Labute approximate surface area is 179 Å². The van der Waals surface area contributed by atoms with E-state index in [1.54, 1.807) is 0 Å². The average molecular weight is 419 g/mol. The van der Waals surface area contributed by atoms with Gasteiger partial charge in [-0.05, 0) is 31.2 Å². The van der Waals surface area contributed by atoms with Gasteiger partial charge >= 0.3 is 0 Å². The van der Waals surface area contributed by atoms with E-state index >= 15 is 0 Å². The van der Waals surface area contributed by atoms with Gasteiger partial charge in [0.2, 0.25) is 0 Å². The number of Topliss-reactive ketones (excluding diaryl/α,β-unsaturated/α-hetero) is 1. The molecular weight excluding hydrogens is 400 g/mol. The van der Waals surface area contributed by atoms with Gasteiger partial charge in [0, 0.05) is 28.0 Å². The van der Waals surface area contributed by atoms with Crippen molar-refractivity contribution in [2.45, 2.75) is 12.1 Å². The molecule has 0 N–H and O–H groups in total. The summed E-state index contributed by atoms with van der Waals surface area (Å²) in [6.07, 6.45) is 2.00. The van der Waals surface area contributed by atoms with Crippen molar-refractivity contribution in [3.63, 3.8) is 0 Å². The molecule has 0 fully saturated rings. The van der Waals surface area contributed by atoms with Gasteiger partial charge in [0.25, 0.3) is 0 Å². The van der Waals surface area contributed by atoms with Crippen molar-refractivity contribution in [3.8, 4) is 16.9 Å². The van der Waals surface area contributed by atoms with E-state index in [4.69, 9.17) is 16.6 Å². The zero-order valence-electron chi connectivity index (χ0n) is 15.9. The first-order chi connectivity index (χ1) is 14.1. The van der Waals surface area contributed by atoms with E-state index in [0.717, 1.165) is 22.1 Å². The van der Waals surface area contributed by atoms with Gasteiger partial charge in [0.05, 0.1) is 11.4 Å². The van der Waals surface area contributed by atoms with Crippen LogP contribution in [0.25, 0.3) is 16.9 Å². The third-order valence-corrected chi connectivity index (χ3v) is 5.76. The van der Waals surface area contributed by atoms with Crippen molar-refractivity contribution in [1.82, 2.24) is 9.55 Å². The van der Waals surface area contributed by atoms with Crippen LogP contribution in [0.1, 0.15) is 15.9 Å². The zero-order valence-corrected chi connectivity index (χ0v) is 17.5. The first-order valence-corrected chi connectivity index (χ1v) is 10.6. The summed E-state index contributed by atoms with van der Waals surface area (Å²) in [5.74, 6) is 0.412. The molecule has 4 aromatic rings. The Morgan fingerprint density at radius 1 is 0.966 bits per heavy atom. The number of imidazole rings is 1. The summed E-state index contributed by atoms with van der Waals surface area (Å²) in [7, 11) is 0. The molecule has 1 aromatic heterocycles. The largest absolute Gasteiger partial charge is 0.294 e. The van der Waals surface area contributed by atoms with Gasteiger partial charge < -0.3 is 0 Å². The summed E-state index contributed by atoms with van der Waals surface area (Å²) in [5.41, 5.74) is 4.75. The molecule has 3 aromatic carbocycles. The Balaban J connectivity index is 1.66. The molecule has 0 radical (unpaired) electrons. The summed E-state index contributed by atoms with van der Waals surface area (Å²) < 4.78 is 2.03. The van der Waals surface area contributed by atoms with E-state index in [0.29, 0.717) is 16.3 Å². The topological polar surface area (TPSA) is 34.9 Å². The first kappa shape index (κ1) is 19.5. The Morgan fingerprint density at radius 3 is 2.34 bits per heavy atom. The number of rotatable bonds is 6. The van der Waals surface area contributed by atoms with Crippen LogP contribution in [0.15, 0.2) is 90.2 Å². The molecule has 5 heteroatoms. The highest BCUT2D eigenvalue weighted by molar-refractivity contribution is 7.99. The quantitative estimate of drug-likeness (QED) is 0.265. The number of carbonyl (C=O) groups is 1. The molecule has 0 aliphatic heterocycles. The summed E-state index contributed by atoms with van der Waals surface area (Å²) in [5, 5.41) is 1.47. The first-order valence-electron chi connectivity index (χ1n) is 9.23. The van der Waals surface area contributed by atoms with E-state index in [2.05, 4.69) is 31.2 Å². The van der Waals surface area contributed by atoms with Crippen molar-refractivity contribution >= 4 is 29.1 Å². The van der Waals surface area contributed by atoms with Crippen LogP contribution < -0.4 is 0 Å². The minimum atomic E-state index is 0.0853. The molecule has 29 heavy (non-hydrogen) atoms. The van der Waals surface area contributed by atoms with E-state index in [9.17, 15) is 4.79 Å². The van der Waals surface area contributed by atoms with Crippen LogP contribution in [0.4, 0.5) is 0 Å². The zero-order chi connectivity index (χ0) is 20.2. The minimum Gasteiger partial charge on any atom is -0.294 e. The Morgan fingerprint density at radius 2 is 1.66 bits per heavy atom. The van der Waals surface area contributed by atoms with Gasteiger partial charge in [0.15, 0.2) is 10.9 Å². The van der Waals surface area contributed by atoms with Gasteiger partial charge in [-0.3, -0.25) is 9.36 Å². The van der Waals surface area contributed by atoms with Crippen molar-refractivity contribution in [2.24, 2.45) is 0 Å². The fraction of sp³-hybridized carbons (Fsp3) is 0.0833. The normalized spacial score (nSPS) is 10.8. The number of nitrogens with zero attached hydrogens (tertiary/aromatic N) is 2. The van der Waals surface area contributed by atoms with E-state index < -0.39 is 0 Å². The fourth-order valence-electron chi connectivity index (χ4n) is 2.95. The maximum absolute atomic E-state index is 12.6. The molecule has 1 heterocycles. The maximum Gasteiger partial charge on any atom is 0.173 e. The highest BCUT2D eigenvalue weighted by Crippen LogP contribution is 2.28. The molecule has 144 valence electrons. The van der Waals surface area contributed by atoms with Gasteiger partial charge in [0.1, 0.15) is 0 Å². The number of aromatic nitrogens is 2. The van der Waals surface area contributed by atoms with Crippen LogP contribution in [-0.2, 0) is 0 Å². The lowest BCUT2D eigenvalue weighted by Gasteiger charge is -2.07. The molecule has 0 amide bonds. The van der Waals surface area contributed by atoms with E-state index in [1.165, 1.54) is 17.3 Å². The predicted molar refractivity (Wildman–Crippen MR) is 120 cm³/mol. The molecule has 0 aliphatic rings. The second-order valence-electron chi connectivity index (χ2n) is 6.70. The van der Waals surface area contributed by atoms with Crippen LogP contribution in [0.5, 0.6) is 0 Å². The van der Waals surface area contributed by atoms with Crippen LogP contribution in [0.2, 0.25) is 5.02 Å².